The number of rotatable bonds is 3. The van der Waals surface area contributed by atoms with Crippen LogP contribution in [0.4, 0.5) is 15.8 Å². The minimum absolute atomic E-state index is 0.00545. The predicted octanol–water partition coefficient (Wildman–Crippen LogP) is 3.33. The number of anilines is 2. The van der Waals surface area contributed by atoms with Gasteiger partial charge in [0.2, 0.25) is 5.91 Å². The smallest absolute Gasteiger partial charge is 0.256 e. The fourth-order valence-electron chi connectivity index (χ4n) is 2.40. The molecule has 22 heavy (non-hydrogen) atoms. The lowest BCUT2D eigenvalue weighted by atomic mass is 10.2. The van der Waals surface area contributed by atoms with Crippen LogP contribution in [-0.4, -0.2) is 17.9 Å². The fourth-order valence-corrected chi connectivity index (χ4v) is 2.80. The Morgan fingerprint density at radius 3 is 2.50 bits per heavy atom. The number of hydrogen-bond acceptors (Lipinski definition) is 3. The van der Waals surface area contributed by atoms with Crippen LogP contribution < -0.4 is 10.2 Å². The Morgan fingerprint density at radius 2 is 1.77 bits per heavy atom. The Labute approximate surface area is 135 Å². The minimum Gasteiger partial charge on any atom is -0.372 e. The molecule has 1 fully saturated rings. The van der Waals surface area contributed by atoms with Crippen LogP contribution in [0.5, 0.6) is 0 Å². The first-order valence-electron chi connectivity index (χ1n) is 6.70. The number of imide groups is 1. The molecule has 2 aromatic rings. The summed E-state index contributed by atoms with van der Waals surface area (Å²) in [7, 11) is 0. The zero-order chi connectivity index (χ0) is 15.7. The lowest BCUT2D eigenvalue weighted by Gasteiger charge is -2.17. The summed E-state index contributed by atoms with van der Waals surface area (Å²) in [6, 6.07) is 12.4. The zero-order valence-corrected chi connectivity index (χ0v) is 13.0. The topological polar surface area (TPSA) is 49.4 Å². The summed E-state index contributed by atoms with van der Waals surface area (Å²) in [5.41, 5.74) is 0.706. The van der Waals surface area contributed by atoms with Crippen molar-refractivity contribution in [3.63, 3.8) is 0 Å². The standard InChI is InChI=1S/C16H12BrFN2O2/c17-10-5-1-3-7-12(10)19-13-9-15(21)20(16(13)22)14-8-4-2-6-11(14)18/h1-8,13,19H,9H2/t13-/m0/s1. The van der Waals surface area contributed by atoms with E-state index in [0.717, 1.165) is 9.37 Å². The Morgan fingerprint density at radius 1 is 1.09 bits per heavy atom. The van der Waals surface area contributed by atoms with Crippen LogP contribution in [0.3, 0.4) is 0 Å². The van der Waals surface area contributed by atoms with Crippen LogP contribution in [0, 0.1) is 5.82 Å². The molecule has 2 aromatic carbocycles. The highest BCUT2D eigenvalue weighted by molar-refractivity contribution is 9.10. The molecule has 1 N–H and O–H groups in total. The van der Waals surface area contributed by atoms with Gasteiger partial charge >= 0.3 is 0 Å². The number of carbonyl (C=O) groups is 2. The molecule has 1 atom stereocenters. The average Bonchev–Trinajstić information content (AvgIpc) is 2.77. The van der Waals surface area contributed by atoms with E-state index in [9.17, 15) is 14.0 Å². The number of benzene rings is 2. The highest BCUT2D eigenvalue weighted by atomic mass is 79.9. The molecule has 1 aliphatic heterocycles. The van der Waals surface area contributed by atoms with Gasteiger partial charge in [0.05, 0.1) is 12.1 Å². The highest BCUT2D eigenvalue weighted by Crippen LogP contribution is 2.29. The molecule has 1 aliphatic rings. The number of amides is 2. The van der Waals surface area contributed by atoms with Gasteiger partial charge in [-0.25, -0.2) is 9.29 Å². The normalized spacial score (nSPS) is 17.9. The number of nitrogens with one attached hydrogen (secondary N) is 1. The first-order chi connectivity index (χ1) is 10.6. The molecule has 0 radical (unpaired) electrons. The third-order valence-corrected chi connectivity index (χ3v) is 4.14. The van der Waals surface area contributed by atoms with E-state index >= 15 is 0 Å². The SMILES string of the molecule is O=C1C[C@H](Nc2ccccc2Br)C(=O)N1c1ccccc1F. The monoisotopic (exact) mass is 362 g/mol. The van der Waals surface area contributed by atoms with E-state index in [-0.39, 0.29) is 12.1 Å². The molecule has 1 saturated heterocycles. The van der Waals surface area contributed by atoms with Crippen molar-refractivity contribution in [3.8, 4) is 0 Å². The second-order valence-corrected chi connectivity index (χ2v) is 5.75. The Balaban J connectivity index is 1.86. The van der Waals surface area contributed by atoms with Gasteiger partial charge in [0.1, 0.15) is 11.9 Å². The maximum atomic E-state index is 13.8. The number of hydrogen-bond donors (Lipinski definition) is 1. The number of carbonyl (C=O) groups excluding carboxylic acids is 2. The van der Waals surface area contributed by atoms with Crippen LogP contribution in [0.25, 0.3) is 0 Å². The zero-order valence-electron chi connectivity index (χ0n) is 11.4. The Kier molecular flexibility index (Phi) is 3.94. The van der Waals surface area contributed by atoms with Gasteiger partial charge in [-0.15, -0.1) is 0 Å². The molecule has 6 heteroatoms. The second kappa shape index (κ2) is 5.88. The lowest BCUT2D eigenvalue weighted by molar-refractivity contribution is -0.121. The summed E-state index contributed by atoms with van der Waals surface area (Å²) >= 11 is 3.38. The summed E-state index contributed by atoms with van der Waals surface area (Å²) in [5, 5.41) is 3.03. The highest BCUT2D eigenvalue weighted by Gasteiger charge is 2.40. The van der Waals surface area contributed by atoms with Gasteiger partial charge in [0.15, 0.2) is 0 Å². The van der Waals surface area contributed by atoms with Crippen LogP contribution in [0.15, 0.2) is 53.0 Å². The van der Waals surface area contributed by atoms with Gasteiger partial charge < -0.3 is 5.32 Å². The summed E-state index contributed by atoms with van der Waals surface area (Å²) < 4.78 is 14.6. The molecule has 0 spiro atoms. The molecule has 0 aromatic heterocycles. The lowest BCUT2D eigenvalue weighted by Crippen LogP contribution is -2.35. The van der Waals surface area contributed by atoms with Crippen molar-refractivity contribution in [3.05, 3.63) is 58.8 Å². The van der Waals surface area contributed by atoms with E-state index in [1.165, 1.54) is 18.2 Å². The molecule has 0 aliphatic carbocycles. The number of halogens is 2. The molecule has 1 heterocycles. The van der Waals surface area contributed by atoms with E-state index in [2.05, 4.69) is 21.2 Å². The molecular weight excluding hydrogens is 351 g/mol. The quantitative estimate of drug-likeness (QED) is 0.852. The summed E-state index contributed by atoms with van der Waals surface area (Å²) in [6.45, 7) is 0. The van der Waals surface area contributed by atoms with E-state index < -0.39 is 23.7 Å². The summed E-state index contributed by atoms with van der Waals surface area (Å²) in [4.78, 5) is 25.5. The molecule has 4 nitrogen and oxygen atoms in total. The summed E-state index contributed by atoms with van der Waals surface area (Å²) in [5.74, 6) is -1.46. The molecule has 0 saturated carbocycles. The van der Waals surface area contributed by atoms with Gasteiger partial charge in [0, 0.05) is 10.2 Å². The van der Waals surface area contributed by atoms with Crippen molar-refractivity contribution < 1.29 is 14.0 Å². The molecule has 0 bridgehead atoms. The van der Waals surface area contributed by atoms with E-state index in [4.69, 9.17) is 0 Å². The molecule has 0 unspecified atom stereocenters. The third-order valence-electron chi connectivity index (χ3n) is 3.44. The van der Waals surface area contributed by atoms with Crippen molar-refractivity contribution in [2.45, 2.75) is 12.5 Å². The van der Waals surface area contributed by atoms with Crippen LogP contribution >= 0.6 is 15.9 Å². The molecular formula is C16H12BrFN2O2. The average molecular weight is 363 g/mol. The molecule has 2 amide bonds. The number of nitrogens with zero attached hydrogens (tertiary/aromatic N) is 1. The van der Waals surface area contributed by atoms with E-state index in [1.54, 1.807) is 12.1 Å². The first kappa shape index (κ1) is 14.7. The fraction of sp³-hybridized carbons (Fsp3) is 0.125. The van der Waals surface area contributed by atoms with Crippen molar-refractivity contribution in [1.82, 2.24) is 0 Å². The molecule has 3 rings (SSSR count). The predicted molar refractivity (Wildman–Crippen MR) is 85.1 cm³/mol. The van der Waals surface area contributed by atoms with Gasteiger partial charge in [-0.05, 0) is 40.2 Å². The van der Waals surface area contributed by atoms with E-state index in [1.807, 2.05) is 18.2 Å². The molecule has 112 valence electrons. The third kappa shape index (κ3) is 2.62. The Bertz CT molecular complexity index is 750. The van der Waals surface area contributed by atoms with Gasteiger partial charge in [-0.1, -0.05) is 24.3 Å². The van der Waals surface area contributed by atoms with Gasteiger partial charge in [-0.3, -0.25) is 9.59 Å². The van der Waals surface area contributed by atoms with Crippen molar-refractivity contribution >= 4 is 39.1 Å². The largest absolute Gasteiger partial charge is 0.372 e. The Hall–Kier alpha value is -2.21. The van der Waals surface area contributed by atoms with Crippen molar-refractivity contribution in [1.29, 1.82) is 0 Å². The maximum Gasteiger partial charge on any atom is 0.256 e. The first-order valence-corrected chi connectivity index (χ1v) is 7.49. The summed E-state index contributed by atoms with van der Waals surface area (Å²) in [6.07, 6.45) is -0.00545. The van der Waals surface area contributed by atoms with Crippen LogP contribution in [-0.2, 0) is 9.59 Å². The maximum absolute atomic E-state index is 13.8. The van der Waals surface area contributed by atoms with E-state index in [0.29, 0.717) is 5.69 Å². The van der Waals surface area contributed by atoms with Gasteiger partial charge in [-0.2, -0.15) is 0 Å². The van der Waals surface area contributed by atoms with Crippen molar-refractivity contribution in [2.75, 3.05) is 10.2 Å². The van der Waals surface area contributed by atoms with Gasteiger partial charge in [0.25, 0.3) is 5.91 Å². The van der Waals surface area contributed by atoms with Crippen LogP contribution in [0.1, 0.15) is 6.42 Å². The second-order valence-electron chi connectivity index (χ2n) is 4.90. The van der Waals surface area contributed by atoms with Crippen LogP contribution in [0.2, 0.25) is 0 Å². The number of para-hydroxylation sites is 2. The minimum atomic E-state index is -0.703. The van der Waals surface area contributed by atoms with Crippen molar-refractivity contribution in [2.24, 2.45) is 0 Å².